The van der Waals surface area contributed by atoms with Gasteiger partial charge >= 0.3 is 6.03 Å². The van der Waals surface area contributed by atoms with E-state index in [4.69, 9.17) is 0 Å². The highest BCUT2D eigenvalue weighted by atomic mass is 19.1. The fourth-order valence-electron chi connectivity index (χ4n) is 2.59. The molecule has 0 aliphatic heterocycles. The predicted octanol–water partition coefficient (Wildman–Crippen LogP) is 3.78. The maximum Gasteiger partial charge on any atom is 0.319 e. The summed E-state index contributed by atoms with van der Waals surface area (Å²) in [7, 11) is 2.00. The number of urea groups is 1. The van der Waals surface area contributed by atoms with Gasteiger partial charge in [-0.1, -0.05) is 36.4 Å². The topological polar surface area (TPSA) is 44.4 Å². The molecule has 4 nitrogen and oxygen atoms in total. The third kappa shape index (κ3) is 5.66. The molecule has 0 spiro atoms. The number of amides is 2. The smallest absolute Gasteiger partial charge is 0.319 e. The maximum atomic E-state index is 13.7. The van der Waals surface area contributed by atoms with E-state index in [-0.39, 0.29) is 11.7 Å². The van der Waals surface area contributed by atoms with E-state index in [1.807, 2.05) is 39.1 Å². The number of hydrogen-bond acceptors (Lipinski definition) is 2. The first-order valence-corrected chi connectivity index (χ1v) is 8.00. The van der Waals surface area contributed by atoms with Crippen LogP contribution in [0.15, 0.2) is 48.5 Å². The van der Waals surface area contributed by atoms with Gasteiger partial charge in [0.15, 0.2) is 0 Å². The molecule has 0 fully saturated rings. The van der Waals surface area contributed by atoms with Crippen LogP contribution in [0.3, 0.4) is 0 Å². The van der Waals surface area contributed by atoms with Crippen molar-refractivity contribution in [3.8, 4) is 0 Å². The molecule has 2 rings (SSSR count). The Hall–Kier alpha value is -2.40. The second kappa shape index (κ2) is 8.45. The Bertz CT molecular complexity index is 676. The van der Waals surface area contributed by atoms with E-state index in [0.29, 0.717) is 6.54 Å². The zero-order valence-electron chi connectivity index (χ0n) is 14.3. The van der Waals surface area contributed by atoms with E-state index >= 15 is 0 Å². The maximum absolute atomic E-state index is 13.7. The summed E-state index contributed by atoms with van der Waals surface area (Å²) in [5.74, 6) is -0.440. The summed E-state index contributed by atoms with van der Waals surface area (Å²) in [4.78, 5) is 14.2. The van der Waals surface area contributed by atoms with Gasteiger partial charge in [-0.25, -0.2) is 9.18 Å². The van der Waals surface area contributed by atoms with Crippen molar-refractivity contribution in [2.75, 3.05) is 18.9 Å². The van der Waals surface area contributed by atoms with Gasteiger partial charge in [0.05, 0.1) is 5.69 Å². The molecule has 0 aromatic heterocycles. The van der Waals surface area contributed by atoms with Crippen LogP contribution in [0.5, 0.6) is 0 Å². The number of nitrogens with one attached hydrogen (secondary N) is 2. The monoisotopic (exact) mass is 329 g/mol. The van der Waals surface area contributed by atoms with Crippen LogP contribution >= 0.6 is 0 Å². The summed E-state index contributed by atoms with van der Waals surface area (Å²) in [6.45, 7) is 5.27. The Balaban J connectivity index is 1.82. The SMILES string of the molecule is Cc1ccc(F)c(NC(=O)N[C@@H](C)CN(C)Cc2ccccc2)c1. The van der Waals surface area contributed by atoms with E-state index < -0.39 is 11.8 Å². The normalized spacial score (nSPS) is 12.0. The van der Waals surface area contributed by atoms with Gasteiger partial charge < -0.3 is 15.5 Å². The minimum Gasteiger partial charge on any atom is -0.334 e. The molecule has 2 aromatic carbocycles. The highest BCUT2D eigenvalue weighted by Crippen LogP contribution is 2.15. The Morgan fingerprint density at radius 2 is 1.92 bits per heavy atom. The third-order valence-electron chi connectivity index (χ3n) is 3.63. The number of carbonyl (C=O) groups excluding carboxylic acids is 1. The summed E-state index contributed by atoms with van der Waals surface area (Å²) in [6, 6.07) is 14.3. The van der Waals surface area contributed by atoms with Crippen LogP contribution in [0.2, 0.25) is 0 Å². The molecule has 0 radical (unpaired) electrons. The van der Waals surface area contributed by atoms with Crippen LogP contribution in [0.1, 0.15) is 18.1 Å². The van der Waals surface area contributed by atoms with Crippen LogP contribution in [0.4, 0.5) is 14.9 Å². The molecule has 0 heterocycles. The average molecular weight is 329 g/mol. The van der Waals surface area contributed by atoms with E-state index in [0.717, 1.165) is 12.1 Å². The zero-order valence-corrected chi connectivity index (χ0v) is 14.3. The number of rotatable bonds is 6. The van der Waals surface area contributed by atoms with Gasteiger partial charge in [-0.05, 0) is 44.2 Å². The molecule has 128 valence electrons. The highest BCUT2D eigenvalue weighted by Gasteiger charge is 2.12. The molecule has 2 aromatic rings. The lowest BCUT2D eigenvalue weighted by Gasteiger charge is -2.22. The molecular formula is C19H24FN3O. The lowest BCUT2D eigenvalue weighted by molar-refractivity contribution is 0.241. The predicted molar refractivity (Wildman–Crippen MR) is 95.5 cm³/mol. The van der Waals surface area contributed by atoms with Crippen molar-refractivity contribution in [3.05, 3.63) is 65.5 Å². The fraction of sp³-hybridized carbons (Fsp3) is 0.316. The highest BCUT2D eigenvalue weighted by molar-refractivity contribution is 5.89. The molecule has 2 amide bonds. The second-order valence-electron chi connectivity index (χ2n) is 6.17. The van der Waals surface area contributed by atoms with Crippen molar-refractivity contribution in [3.63, 3.8) is 0 Å². The summed E-state index contributed by atoms with van der Waals surface area (Å²) in [5, 5.41) is 5.39. The van der Waals surface area contributed by atoms with E-state index in [1.54, 1.807) is 12.1 Å². The minimum atomic E-state index is -0.440. The number of anilines is 1. The molecule has 0 unspecified atom stereocenters. The number of hydrogen-bond donors (Lipinski definition) is 2. The molecule has 0 aliphatic rings. The number of carbonyl (C=O) groups is 1. The van der Waals surface area contributed by atoms with Crippen molar-refractivity contribution >= 4 is 11.7 Å². The molecule has 0 saturated heterocycles. The standard InChI is InChI=1S/C19H24FN3O/c1-14-9-10-17(20)18(11-14)22-19(24)21-15(2)12-23(3)13-16-7-5-4-6-8-16/h4-11,15H,12-13H2,1-3H3,(H2,21,22,24)/t15-/m0/s1. The van der Waals surface area contributed by atoms with Gasteiger partial charge in [-0.3, -0.25) is 0 Å². The largest absolute Gasteiger partial charge is 0.334 e. The Kier molecular flexibility index (Phi) is 6.32. The molecule has 1 atom stereocenters. The number of halogens is 1. The van der Waals surface area contributed by atoms with Gasteiger partial charge in [0.2, 0.25) is 0 Å². The van der Waals surface area contributed by atoms with Crippen LogP contribution in [0, 0.1) is 12.7 Å². The summed E-state index contributed by atoms with van der Waals surface area (Å²) >= 11 is 0. The lowest BCUT2D eigenvalue weighted by Crippen LogP contribution is -2.42. The first-order chi connectivity index (χ1) is 11.4. The van der Waals surface area contributed by atoms with Gasteiger partial charge in [0, 0.05) is 19.1 Å². The third-order valence-corrected chi connectivity index (χ3v) is 3.63. The Labute approximate surface area is 142 Å². The Morgan fingerprint density at radius 1 is 1.21 bits per heavy atom. The quantitative estimate of drug-likeness (QED) is 0.847. The molecule has 24 heavy (non-hydrogen) atoms. The van der Waals surface area contributed by atoms with Crippen LogP contribution < -0.4 is 10.6 Å². The summed E-state index contributed by atoms with van der Waals surface area (Å²) in [6.07, 6.45) is 0. The molecular weight excluding hydrogens is 305 g/mol. The lowest BCUT2D eigenvalue weighted by atomic mass is 10.2. The minimum absolute atomic E-state index is 0.0633. The van der Waals surface area contributed by atoms with Gasteiger partial charge in [0.1, 0.15) is 5.82 Å². The van der Waals surface area contributed by atoms with Gasteiger partial charge in [-0.2, -0.15) is 0 Å². The van der Waals surface area contributed by atoms with Gasteiger partial charge in [-0.15, -0.1) is 0 Å². The molecule has 0 bridgehead atoms. The fourth-order valence-corrected chi connectivity index (χ4v) is 2.59. The van der Waals surface area contributed by atoms with Gasteiger partial charge in [0.25, 0.3) is 0 Å². The number of aryl methyl sites for hydroxylation is 1. The van der Waals surface area contributed by atoms with E-state index in [2.05, 4.69) is 27.7 Å². The van der Waals surface area contributed by atoms with Crippen molar-refractivity contribution in [1.82, 2.24) is 10.2 Å². The number of benzene rings is 2. The molecule has 5 heteroatoms. The number of nitrogens with zero attached hydrogens (tertiary/aromatic N) is 1. The molecule has 0 aliphatic carbocycles. The average Bonchev–Trinajstić information content (AvgIpc) is 2.51. The summed E-state index contributed by atoms with van der Waals surface area (Å²) < 4.78 is 13.7. The van der Waals surface area contributed by atoms with Crippen LogP contribution in [-0.2, 0) is 6.54 Å². The van der Waals surface area contributed by atoms with Crippen LogP contribution in [0.25, 0.3) is 0 Å². The van der Waals surface area contributed by atoms with Crippen molar-refractivity contribution in [1.29, 1.82) is 0 Å². The van der Waals surface area contributed by atoms with E-state index in [1.165, 1.54) is 11.6 Å². The molecule has 0 saturated carbocycles. The zero-order chi connectivity index (χ0) is 17.5. The van der Waals surface area contributed by atoms with E-state index in [9.17, 15) is 9.18 Å². The van der Waals surface area contributed by atoms with Crippen molar-refractivity contribution < 1.29 is 9.18 Å². The number of likely N-dealkylation sites (N-methyl/N-ethyl adjacent to an activating group) is 1. The summed E-state index contributed by atoms with van der Waals surface area (Å²) in [5.41, 5.74) is 2.30. The molecule has 2 N–H and O–H groups in total. The van der Waals surface area contributed by atoms with Crippen molar-refractivity contribution in [2.24, 2.45) is 0 Å². The van der Waals surface area contributed by atoms with Crippen molar-refractivity contribution in [2.45, 2.75) is 26.4 Å². The first kappa shape index (κ1) is 17.9. The Morgan fingerprint density at radius 3 is 2.62 bits per heavy atom. The second-order valence-corrected chi connectivity index (χ2v) is 6.17. The van der Waals surface area contributed by atoms with Crippen LogP contribution in [-0.4, -0.2) is 30.6 Å². The first-order valence-electron chi connectivity index (χ1n) is 8.00.